The summed E-state index contributed by atoms with van der Waals surface area (Å²) in [4.78, 5) is 21.2. The molecule has 0 bridgehead atoms. The van der Waals surface area contributed by atoms with Crippen molar-refractivity contribution in [2.24, 2.45) is 11.3 Å². The second-order valence-corrected chi connectivity index (χ2v) is 5.39. The van der Waals surface area contributed by atoms with Gasteiger partial charge in [0.25, 0.3) is 0 Å². The molecule has 0 aromatic carbocycles. The Kier molecular flexibility index (Phi) is 6.08. The Morgan fingerprint density at radius 2 is 1.50 bits per heavy atom. The van der Waals surface area contributed by atoms with Crippen molar-refractivity contribution in [3.63, 3.8) is 0 Å². The number of carboxylic acids is 2. The van der Waals surface area contributed by atoms with E-state index in [1.165, 1.54) is 0 Å². The topological polar surface area (TPSA) is 74.6 Å². The third kappa shape index (κ3) is 7.26. The summed E-state index contributed by atoms with van der Waals surface area (Å²) in [5.41, 5.74) is 0.291. The maximum atomic E-state index is 10.6. The number of hydrogen-bond acceptors (Lipinski definition) is 2. The molecule has 0 radical (unpaired) electrons. The summed E-state index contributed by atoms with van der Waals surface area (Å²) in [7, 11) is 0. The number of carboxylic acid groups (broad SMARTS) is 2. The van der Waals surface area contributed by atoms with Crippen molar-refractivity contribution in [3.05, 3.63) is 0 Å². The lowest BCUT2D eigenvalue weighted by Crippen LogP contribution is -2.23. The Morgan fingerprint density at radius 1 is 1.00 bits per heavy atom. The van der Waals surface area contributed by atoms with Gasteiger partial charge in [-0.15, -0.1) is 0 Å². The fourth-order valence-electron chi connectivity index (χ4n) is 1.53. The average molecular weight is 230 g/mol. The van der Waals surface area contributed by atoms with E-state index in [0.29, 0.717) is 11.8 Å². The van der Waals surface area contributed by atoms with Crippen molar-refractivity contribution in [1.29, 1.82) is 0 Å². The summed E-state index contributed by atoms with van der Waals surface area (Å²) in [6.07, 6.45) is 3.90. The van der Waals surface area contributed by atoms with Crippen LogP contribution in [0.4, 0.5) is 0 Å². The molecular formula is C12H22O4. The number of unbranched alkanes of at least 4 members (excludes halogenated alkanes) is 2. The minimum atomic E-state index is -1.24. The lowest BCUT2D eigenvalue weighted by molar-refractivity contribution is -0.154. The molecule has 4 heteroatoms. The fourth-order valence-corrected chi connectivity index (χ4v) is 1.53. The molecule has 0 saturated heterocycles. The van der Waals surface area contributed by atoms with Gasteiger partial charge in [-0.1, -0.05) is 40.0 Å². The quantitative estimate of drug-likeness (QED) is 0.521. The predicted molar refractivity (Wildman–Crippen MR) is 61.3 cm³/mol. The number of hydrogen-bond donors (Lipinski definition) is 2. The first-order valence-electron chi connectivity index (χ1n) is 5.69. The van der Waals surface area contributed by atoms with E-state index in [2.05, 4.69) is 20.8 Å². The fraction of sp³-hybridized carbons (Fsp3) is 0.833. The minimum absolute atomic E-state index is 0.231. The van der Waals surface area contributed by atoms with Crippen LogP contribution in [0.5, 0.6) is 0 Å². The van der Waals surface area contributed by atoms with Gasteiger partial charge in [-0.25, -0.2) is 0 Å². The molecule has 16 heavy (non-hydrogen) atoms. The first-order valence-corrected chi connectivity index (χ1v) is 5.69. The highest BCUT2D eigenvalue weighted by Gasteiger charge is 2.24. The standard InChI is InChI=1S/C12H22O4/c1-12(2,3)8-6-4-5-7-9(10(13)14)11(15)16/h9H,4-8H2,1-3H3,(H,13,14)(H,15,16). The predicted octanol–water partition coefficient (Wildman–Crippen LogP) is 2.77. The minimum Gasteiger partial charge on any atom is -0.481 e. The first kappa shape index (κ1) is 14.9. The summed E-state index contributed by atoms with van der Waals surface area (Å²) < 4.78 is 0. The van der Waals surface area contributed by atoms with Crippen molar-refractivity contribution in [2.75, 3.05) is 0 Å². The number of carbonyl (C=O) groups is 2. The van der Waals surface area contributed by atoms with Gasteiger partial charge in [0.05, 0.1) is 0 Å². The molecule has 0 aliphatic heterocycles. The summed E-state index contributed by atoms with van der Waals surface area (Å²) in [6.45, 7) is 6.47. The lowest BCUT2D eigenvalue weighted by atomic mass is 9.89. The molecule has 0 unspecified atom stereocenters. The largest absolute Gasteiger partial charge is 0.481 e. The van der Waals surface area contributed by atoms with Gasteiger partial charge < -0.3 is 10.2 Å². The third-order valence-corrected chi connectivity index (χ3v) is 2.52. The Labute approximate surface area is 96.7 Å². The Bertz CT molecular complexity index is 226. The SMILES string of the molecule is CC(C)(C)CCCCCC(C(=O)O)C(=O)O. The molecule has 0 aromatic rings. The van der Waals surface area contributed by atoms with Gasteiger partial charge in [0.15, 0.2) is 5.92 Å². The van der Waals surface area contributed by atoms with E-state index in [1.807, 2.05) is 0 Å². The molecule has 0 saturated carbocycles. The van der Waals surface area contributed by atoms with Gasteiger partial charge in [0.2, 0.25) is 0 Å². The van der Waals surface area contributed by atoms with Crippen LogP contribution >= 0.6 is 0 Å². The molecule has 0 spiro atoms. The summed E-state index contributed by atoms with van der Waals surface area (Å²) in [5.74, 6) is -3.71. The number of rotatable bonds is 7. The average Bonchev–Trinajstić information content (AvgIpc) is 2.07. The molecule has 0 aliphatic carbocycles. The van der Waals surface area contributed by atoms with Crippen molar-refractivity contribution >= 4 is 11.9 Å². The molecule has 0 fully saturated rings. The third-order valence-electron chi connectivity index (χ3n) is 2.52. The highest BCUT2D eigenvalue weighted by Crippen LogP contribution is 2.22. The van der Waals surface area contributed by atoms with Crippen molar-refractivity contribution in [3.8, 4) is 0 Å². The zero-order valence-corrected chi connectivity index (χ0v) is 10.3. The van der Waals surface area contributed by atoms with Crippen molar-refractivity contribution in [2.45, 2.75) is 52.9 Å². The molecule has 2 N–H and O–H groups in total. The second kappa shape index (κ2) is 6.51. The van der Waals surface area contributed by atoms with Crippen molar-refractivity contribution in [1.82, 2.24) is 0 Å². The molecule has 0 rings (SSSR count). The van der Waals surface area contributed by atoms with Crippen LogP contribution in [0.2, 0.25) is 0 Å². The van der Waals surface area contributed by atoms with Crippen LogP contribution in [0, 0.1) is 11.3 Å². The smallest absolute Gasteiger partial charge is 0.317 e. The van der Waals surface area contributed by atoms with Crippen LogP contribution in [0.3, 0.4) is 0 Å². The van der Waals surface area contributed by atoms with E-state index >= 15 is 0 Å². The molecule has 4 nitrogen and oxygen atoms in total. The zero-order chi connectivity index (χ0) is 12.8. The number of aliphatic carboxylic acids is 2. The molecule has 0 heterocycles. The van der Waals surface area contributed by atoms with E-state index in [4.69, 9.17) is 10.2 Å². The molecular weight excluding hydrogens is 208 g/mol. The molecule has 0 aromatic heterocycles. The highest BCUT2D eigenvalue weighted by atomic mass is 16.4. The molecule has 0 aliphatic rings. The van der Waals surface area contributed by atoms with Crippen LogP contribution in [-0.4, -0.2) is 22.2 Å². The van der Waals surface area contributed by atoms with Crippen LogP contribution in [0.15, 0.2) is 0 Å². The first-order chi connectivity index (χ1) is 7.24. The molecule has 0 amide bonds. The van der Waals surface area contributed by atoms with E-state index in [1.54, 1.807) is 0 Å². The highest BCUT2D eigenvalue weighted by molar-refractivity contribution is 5.92. The second-order valence-electron chi connectivity index (χ2n) is 5.39. The van der Waals surface area contributed by atoms with Gasteiger partial charge in [-0.3, -0.25) is 9.59 Å². The van der Waals surface area contributed by atoms with Crippen LogP contribution < -0.4 is 0 Å². The Morgan fingerprint density at radius 3 is 1.88 bits per heavy atom. The summed E-state index contributed by atoms with van der Waals surface area (Å²) >= 11 is 0. The maximum absolute atomic E-state index is 10.6. The van der Waals surface area contributed by atoms with Crippen LogP contribution in [-0.2, 0) is 9.59 Å². The van der Waals surface area contributed by atoms with Gasteiger partial charge in [0.1, 0.15) is 0 Å². The zero-order valence-electron chi connectivity index (χ0n) is 10.3. The van der Waals surface area contributed by atoms with E-state index in [-0.39, 0.29) is 6.42 Å². The Balaban J connectivity index is 3.72. The monoisotopic (exact) mass is 230 g/mol. The van der Waals surface area contributed by atoms with Gasteiger partial charge in [0, 0.05) is 0 Å². The molecule has 94 valence electrons. The Hall–Kier alpha value is -1.06. The lowest BCUT2D eigenvalue weighted by Gasteiger charge is -2.17. The van der Waals surface area contributed by atoms with Crippen LogP contribution in [0.25, 0.3) is 0 Å². The van der Waals surface area contributed by atoms with E-state index < -0.39 is 17.9 Å². The van der Waals surface area contributed by atoms with Gasteiger partial charge >= 0.3 is 11.9 Å². The summed E-state index contributed by atoms with van der Waals surface area (Å²) in [6, 6.07) is 0. The normalized spacial score (nSPS) is 11.8. The molecule has 0 atom stereocenters. The van der Waals surface area contributed by atoms with Gasteiger partial charge in [-0.2, -0.15) is 0 Å². The van der Waals surface area contributed by atoms with E-state index in [9.17, 15) is 9.59 Å². The van der Waals surface area contributed by atoms with E-state index in [0.717, 1.165) is 19.3 Å². The van der Waals surface area contributed by atoms with Crippen molar-refractivity contribution < 1.29 is 19.8 Å². The van der Waals surface area contributed by atoms with Crippen LogP contribution in [0.1, 0.15) is 52.9 Å². The maximum Gasteiger partial charge on any atom is 0.317 e. The van der Waals surface area contributed by atoms with Gasteiger partial charge in [-0.05, 0) is 18.3 Å². The summed E-state index contributed by atoms with van der Waals surface area (Å²) in [5, 5.41) is 17.3.